The van der Waals surface area contributed by atoms with E-state index < -0.39 is 0 Å². The largest absolute Gasteiger partial charge is 0.330 e. The predicted octanol–water partition coefficient (Wildman–Crippen LogP) is 15.4. The summed E-state index contributed by atoms with van der Waals surface area (Å²) in [6, 6.07) is 0. The zero-order chi connectivity index (χ0) is 42.4. The molecule has 0 aliphatic carbocycles. The van der Waals surface area contributed by atoms with Gasteiger partial charge in [-0.2, -0.15) is 0 Å². The van der Waals surface area contributed by atoms with E-state index in [1.165, 1.54) is 246 Å². The second-order valence-corrected chi connectivity index (χ2v) is 17.7. The van der Waals surface area contributed by atoms with Gasteiger partial charge in [0.15, 0.2) is 0 Å². The van der Waals surface area contributed by atoms with E-state index in [1.807, 2.05) is 0 Å². The normalized spacial score (nSPS) is 11.7. The summed E-state index contributed by atoms with van der Waals surface area (Å²) in [4.78, 5) is 0. The molecule has 2 N–H and O–H groups in total. The quantitative estimate of drug-likeness (QED) is 0.0624. The lowest BCUT2D eigenvalue weighted by Crippen LogP contribution is -2.50. The van der Waals surface area contributed by atoms with Gasteiger partial charge in [-0.05, 0) is 90.0 Å². The van der Waals surface area contributed by atoms with Crippen molar-refractivity contribution in [1.82, 2.24) is 0 Å². The van der Waals surface area contributed by atoms with Crippen molar-refractivity contribution < 1.29 is 13.4 Å². The third kappa shape index (κ3) is 39.1. The van der Waals surface area contributed by atoms with Gasteiger partial charge in [0, 0.05) is 0 Å². The molecule has 0 aromatic heterocycles. The number of hydrogen-bond donors (Lipinski definition) is 1. The van der Waals surface area contributed by atoms with Gasteiger partial charge < -0.3 is 19.2 Å². The van der Waals surface area contributed by atoms with Crippen LogP contribution in [-0.4, -0.2) is 98.5 Å². The van der Waals surface area contributed by atoms with Crippen LogP contribution in [-0.2, 0) is 0 Å². The van der Waals surface area contributed by atoms with Gasteiger partial charge in [0.25, 0.3) is 0 Å². The summed E-state index contributed by atoms with van der Waals surface area (Å²) in [5, 5.41) is 0. The average molecular weight is 787 g/mol. The van der Waals surface area contributed by atoms with Crippen molar-refractivity contribution in [1.29, 1.82) is 0 Å². The Balaban J connectivity index is -0.000000337. The Morgan fingerprint density at radius 2 is 0.291 bits per heavy atom. The predicted molar refractivity (Wildman–Crippen MR) is 257 cm³/mol. The minimum Gasteiger partial charge on any atom is -0.330 e. The van der Waals surface area contributed by atoms with E-state index in [0.29, 0.717) is 0 Å². The Bertz CT molecular complexity index is 465. The molecule has 0 fully saturated rings. The van der Waals surface area contributed by atoms with E-state index in [2.05, 4.69) is 90.0 Å². The standard InChI is InChI=1S/3C16H36N.C3H9N/c3*1-5-9-13-17(14-10-6-2,15-11-7-3)16-12-8-4;1-2-3-4/h3*5-16H2,1-4H3;2-4H2,1H3/q3*+1;. The fourth-order valence-corrected chi connectivity index (χ4v) is 7.93. The molecule has 4 heteroatoms. The van der Waals surface area contributed by atoms with Gasteiger partial charge in [0.2, 0.25) is 0 Å². The molecular weight excluding hydrogens is 669 g/mol. The first-order chi connectivity index (χ1) is 26.6. The molecule has 0 aromatic carbocycles. The van der Waals surface area contributed by atoms with E-state index in [0.717, 1.165) is 13.0 Å². The highest BCUT2D eigenvalue weighted by molar-refractivity contribution is 4.52. The van der Waals surface area contributed by atoms with Gasteiger partial charge in [-0.1, -0.05) is 167 Å². The maximum absolute atomic E-state index is 5.03. The minimum atomic E-state index is 0.819. The maximum Gasteiger partial charge on any atom is 0.0786 e. The van der Waals surface area contributed by atoms with Gasteiger partial charge in [0.05, 0.1) is 78.5 Å². The zero-order valence-corrected chi connectivity index (χ0v) is 41.8. The third-order valence-corrected chi connectivity index (χ3v) is 12.1. The smallest absolute Gasteiger partial charge is 0.0786 e. The lowest BCUT2D eigenvalue weighted by atomic mass is 10.1. The lowest BCUT2D eigenvalue weighted by molar-refractivity contribution is -0.929. The van der Waals surface area contributed by atoms with E-state index in [4.69, 9.17) is 5.73 Å². The molecule has 0 unspecified atom stereocenters. The molecule has 4 nitrogen and oxygen atoms in total. The zero-order valence-electron chi connectivity index (χ0n) is 41.8. The van der Waals surface area contributed by atoms with Crippen LogP contribution < -0.4 is 5.73 Å². The van der Waals surface area contributed by atoms with Crippen molar-refractivity contribution >= 4 is 0 Å². The summed E-state index contributed by atoms with van der Waals surface area (Å²) in [5.41, 5.74) is 5.03. The number of nitrogens with two attached hydrogens (primary N) is 1. The van der Waals surface area contributed by atoms with E-state index in [9.17, 15) is 0 Å². The summed E-state index contributed by atoms with van der Waals surface area (Å²) in [6.07, 6.45) is 34.3. The highest BCUT2D eigenvalue weighted by Crippen LogP contribution is 2.19. The Morgan fingerprint density at radius 1 is 0.200 bits per heavy atom. The van der Waals surface area contributed by atoms with Crippen LogP contribution in [0.3, 0.4) is 0 Å². The summed E-state index contributed by atoms with van der Waals surface area (Å²) < 4.78 is 4.26. The molecule has 0 atom stereocenters. The number of hydrogen-bond acceptors (Lipinski definition) is 1. The molecule has 0 radical (unpaired) electrons. The van der Waals surface area contributed by atoms with Gasteiger partial charge in [0.1, 0.15) is 0 Å². The number of quaternary nitrogens is 3. The molecule has 0 bridgehead atoms. The second kappa shape index (κ2) is 48.2. The Labute approximate surface area is 353 Å². The highest BCUT2D eigenvalue weighted by Gasteiger charge is 2.26. The van der Waals surface area contributed by atoms with Crippen molar-refractivity contribution in [3.8, 4) is 0 Å². The van der Waals surface area contributed by atoms with E-state index in [-0.39, 0.29) is 0 Å². The molecule has 0 aliphatic rings. The third-order valence-electron chi connectivity index (χ3n) is 12.1. The van der Waals surface area contributed by atoms with Crippen LogP contribution in [0.1, 0.15) is 251 Å². The lowest BCUT2D eigenvalue weighted by Gasteiger charge is -2.39. The molecule has 0 saturated carbocycles. The van der Waals surface area contributed by atoms with Crippen LogP contribution >= 0.6 is 0 Å². The van der Waals surface area contributed by atoms with Crippen LogP contribution in [0.15, 0.2) is 0 Å². The molecule has 338 valence electrons. The van der Waals surface area contributed by atoms with Crippen LogP contribution in [0.25, 0.3) is 0 Å². The Morgan fingerprint density at radius 3 is 0.345 bits per heavy atom. The molecule has 0 heterocycles. The average Bonchev–Trinajstić information content (AvgIpc) is 3.22. The SMILES string of the molecule is CCCC[N+](CCCC)(CCCC)CCCC.CCCC[N+](CCCC)(CCCC)CCCC.CCCC[N+](CCCC)(CCCC)CCCC.CCCN. The second-order valence-electron chi connectivity index (χ2n) is 17.7. The first-order valence-corrected chi connectivity index (χ1v) is 25.9. The minimum absolute atomic E-state index is 0.819. The molecular formula is C51H117N4+3. The van der Waals surface area contributed by atoms with E-state index >= 15 is 0 Å². The van der Waals surface area contributed by atoms with Crippen LogP contribution in [0.2, 0.25) is 0 Å². The van der Waals surface area contributed by atoms with Crippen molar-refractivity contribution in [2.75, 3.05) is 85.1 Å². The molecule has 0 spiro atoms. The number of nitrogens with zero attached hydrogens (tertiary/aromatic N) is 3. The van der Waals surface area contributed by atoms with Gasteiger partial charge in [-0.25, -0.2) is 0 Å². The van der Waals surface area contributed by atoms with Crippen molar-refractivity contribution in [3.63, 3.8) is 0 Å². The fourth-order valence-electron chi connectivity index (χ4n) is 7.93. The summed E-state index contributed by atoms with van der Waals surface area (Å²) >= 11 is 0. The summed E-state index contributed by atoms with van der Waals surface area (Å²) in [6.45, 7) is 47.9. The Kier molecular flexibility index (Phi) is 53.9. The van der Waals surface area contributed by atoms with Crippen LogP contribution in [0.5, 0.6) is 0 Å². The molecule has 0 aliphatic heterocycles. The van der Waals surface area contributed by atoms with Crippen molar-refractivity contribution in [2.24, 2.45) is 5.73 Å². The molecule has 0 amide bonds. The number of rotatable bonds is 37. The van der Waals surface area contributed by atoms with Crippen LogP contribution in [0.4, 0.5) is 0 Å². The first kappa shape index (κ1) is 61.5. The van der Waals surface area contributed by atoms with E-state index in [1.54, 1.807) is 0 Å². The maximum atomic E-state index is 5.03. The summed E-state index contributed by atoms with van der Waals surface area (Å²) in [7, 11) is 0. The summed E-state index contributed by atoms with van der Waals surface area (Å²) in [5.74, 6) is 0. The van der Waals surface area contributed by atoms with Gasteiger partial charge in [-0.3, -0.25) is 0 Å². The Hall–Kier alpha value is -0.160. The van der Waals surface area contributed by atoms with Gasteiger partial charge >= 0.3 is 0 Å². The molecule has 0 saturated heterocycles. The highest BCUT2D eigenvalue weighted by atomic mass is 15.4. The molecule has 0 aromatic rings. The monoisotopic (exact) mass is 786 g/mol. The fraction of sp³-hybridized carbons (Fsp3) is 1.00. The van der Waals surface area contributed by atoms with Crippen molar-refractivity contribution in [3.05, 3.63) is 0 Å². The van der Waals surface area contributed by atoms with Gasteiger partial charge in [-0.15, -0.1) is 0 Å². The number of unbranched alkanes of at least 4 members (excludes halogenated alkanes) is 12. The topological polar surface area (TPSA) is 26.0 Å². The molecule has 0 rings (SSSR count). The van der Waals surface area contributed by atoms with Crippen LogP contribution in [0, 0.1) is 0 Å². The molecule has 55 heavy (non-hydrogen) atoms. The first-order valence-electron chi connectivity index (χ1n) is 25.9. The van der Waals surface area contributed by atoms with Crippen molar-refractivity contribution in [2.45, 2.75) is 251 Å².